The summed E-state index contributed by atoms with van der Waals surface area (Å²) in [6.45, 7) is 4.80. The number of morpholine rings is 1. The SMILES string of the molecule is C/C=C/C(=O)N(c1ccc2nc(Nc3ccc(OCc4ccccn4)cc3)sc2c1)N1CCOCC1. The monoisotopic (exact) mass is 501 g/mol. The number of rotatable bonds is 8. The fraction of sp³-hybridized carbons (Fsp3) is 0.222. The zero-order valence-corrected chi connectivity index (χ0v) is 20.8. The summed E-state index contributed by atoms with van der Waals surface area (Å²) in [6.07, 6.45) is 5.11. The van der Waals surface area contributed by atoms with Crippen molar-refractivity contribution in [2.24, 2.45) is 0 Å². The summed E-state index contributed by atoms with van der Waals surface area (Å²) in [6, 6.07) is 19.4. The minimum Gasteiger partial charge on any atom is -0.487 e. The fourth-order valence-electron chi connectivity index (χ4n) is 3.89. The van der Waals surface area contributed by atoms with Crippen LogP contribution < -0.4 is 15.1 Å². The Kier molecular flexibility index (Phi) is 7.51. The number of pyridine rings is 1. The second-order valence-corrected chi connectivity index (χ2v) is 9.18. The van der Waals surface area contributed by atoms with Gasteiger partial charge in [0.15, 0.2) is 5.13 Å². The number of ether oxygens (including phenoxy) is 2. The molecule has 0 radical (unpaired) electrons. The van der Waals surface area contributed by atoms with E-state index in [-0.39, 0.29) is 5.91 Å². The number of nitrogens with zero attached hydrogens (tertiary/aromatic N) is 4. The van der Waals surface area contributed by atoms with Gasteiger partial charge in [0, 0.05) is 31.0 Å². The van der Waals surface area contributed by atoms with E-state index in [9.17, 15) is 4.79 Å². The van der Waals surface area contributed by atoms with Crippen molar-refractivity contribution >= 4 is 44.0 Å². The minimum atomic E-state index is -0.0769. The van der Waals surface area contributed by atoms with Crippen LogP contribution in [0, 0.1) is 0 Å². The molecule has 0 saturated carbocycles. The van der Waals surface area contributed by atoms with Crippen molar-refractivity contribution in [1.29, 1.82) is 0 Å². The number of allylic oxidation sites excluding steroid dienone is 1. The highest BCUT2D eigenvalue weighted by molar-refractivity contribution is 7.22. The zero-order chi connectivity index (χ0) is 24.7. The molecule has 184 valence electrons. The van der Waals surface area contributed by atoms with Crippen molar-refractivity contribution in [3.63, 3.8) is 0 Å². The quantitative estimate of drug-likeness (QED) is 0.334. The first-order valence-electron chi connectivity index (χ1n) is 11.8. The zero-order valence-electron chi connectivity index (χ0n) is 20.0. The van der Waals surface area contributed by atoms with Crippen LogP contribution in [-0.2, 0) is 16.1 Å². The van der Waals surface area contributed by atoms with Crippen LogP contribution in [0.2, 0.25) is 0 Å². The molecule has 4 aromatic rings. The molecule has 2 aromatic heterocycles. The standard InChI is InChI=1S/C27H27N5O3S/c1-2-5-26(33)32(31-14-16-34-17-15-31)22-9-12-24-25(18-22)36-27(30-24)29-20-7-10-23(11-8-20)35-19-21-6-3-4-13-28-21/h2-13,18H,14-17,19H2,1H3,(H,29,30)/b5-2+. The van der Waals surface area contributed by atoms with Gasteiger partial charge >= 0.3 is 0 Å². The number of nitrogens with one attached hydrogen (secondary N) is 1. The number of hydrazine groups is 1. The molecule has 1 N–H and O–H groups in total. The number of hydrogen-bond donors (Lipinski definition) is 1. The van der Waals surface area contributed by atoms with E-state index < -0.39 is 0 Å². The fourth-order valence-corrected chi connectivity index (χ4v) is 4.81. The second-order valence-electron chi connectivity index (χ2n) is 8.15. The summed E-state index contributed by atoms with van der Waals surface area (Å²) in [4.78, 5) is 21.9. The third-order valence-corrected chi connectivity index (χ3v) is 6.56. The van der Waals surface area contributed by atoms with Crippen molar-refractivity contribution in [3.8, 4) is 5.75 Å². The van der Waals surface area contributed by atoms with Gasteiger partial charge in [0.25, 0.3) is 5.91 Å². The molecule has 1 aliphatic heterocycles. The smallest absolute Gasteiger partial charge is 0.265 e. The van der Waals surface area contributed by atoms with Crippen molar-refractivity contribution in [2.75, 3.05) is 36.6 Å². The van der Waals surface area contributed by atoms with Gasteiger partial charge in [-0.05, 0) is 61.5 Å². The molecule has 1 saturated heterocycles. The van der Waals surface area contributed by atoms with E-state index >= 15 is 0 Å². The summed E-state index contributed by atoms with van der Waals surface area (Å²) < 4.78 is 12.3. The normalized spacial score (nSPS) is 14.2. The van der Waals surface area contributed by atoms with Crippen LogP contribution in [0.1, 0.15) is 12.6 Å². The van der Waals surface area contributed by atoms with E-state index in [4.69, 9.17) is 14.5 Å². The van der Waals surface area contributed by atoms with E-state index in [1.807, 2.05) is 72.6 Å². The first-order chi connectivity index (χ1) is 17.7. The summed E-state index contributed by atoms with van der Waals surface area (Å²) in [5, 5.41) is 7.92. The number of anilines is 3. The van der Waals surface area contributed by atoms with E-state index in [2.05, 4.69) is 10.3 Å². The van der Waals surface area contributed by atoms with Crippen LogP contribution in [-0.4, -0.2) is 47.2 Å². The van der Waals surface area contributed by atoms with Crippen LogP contribution in [0.15, 0.2) is 79.0 Å². The molecular formula is C27H27N5O3S. The molecule has 0 atom stereocenters. The molecule has 0 spiro atoms. The van der Waals surface area contributed by atoms with Crippen molar-refractivity contribution in [2.45, 2.75) is 13.5 Å². The van der Waals surface area contributed by atoms with Gasteiger partial charge in [-0.25, -0.2) is 15.0 Å². The Labute approximate surface area is 213 Å². The Morgan fingerprint density at radius 3 is 2.75 bits per heavy atom. The van der Waals surface area contributed by atoms with Gasteiger partial charge in [-0.15, -0.1) is 0 Å². The summed E-state index contributed by atoms with van der Waals surface area (Å²) in [7, 11) is 0. The predicted molar refractivity (Wildman–Crippen MR) is 143 cm³/mol. The Morgan fingerprint density at radius 2 is 2.00 bits per heavy atom. The molecule has 5 rings (SSSR count). The van der Waals surface area contributed by atoms with E-state index in [0.29, 0.717) is 32.9 Å². The van der Waals surface area contributed by atoms with Gasteiger partial charge in [-0.1, -0.05) is 23.5 Å². The number of hydrogen-bond acceptors (Lipinski definition) is 8. The van der Waals surface area contributed by atoms with Crippen LogP contribution in [0.3, 0.4) is 0 Å². The second kappa shape index (κ2) is 11.3. The third kappa shape index (κ3) is 5.71. The van der Waals surface area contributed by atoms with Gasteiger partial charge in [-0.3, -0.25) is 9.78 Å². The maximum atomic E-state index is 12.9. The van der Waals surface area contributed by atoms with Gasteiger partial charge < -0.3 is 14.8 Å². The van der Waals surface area contributed by atoms with Crippen LogP contribution in [0.4, 0.5) is 16.5 Å². The third-order valence-electron chi connectivity index (χ3n) is 5.62. The predicted octanol–water partition coefficient (Wildman–Crippen LogP) is 5.17. The average molecular weight is 502 g/mol. The van der Waals surface area contributed by atoms with E-state index in [1.165, 1.54) is 0 Å². The molecule has 36 heavy (non-hydrogen) atoms. The Morgan fingerprint density at radius 1 is 1.17 bits per heavy atom. The molecule has 1 amide bonds. The number of thiazole rings is 1. The van der Waals surface area contributed by atoms with Crippen molar-refractivity contribution < 1.29 is 14.3 Å². The Bertz CT molecular complexity index is 1330. The topological polar surface area (TPSA) is 79.8 Å². The molecule has 1 aliphatic rings. The molecular weight excluding hydrogens is 474 g/mol. The number of aromatic nitrogens is 2. The summed E-state index contributed by atoms with van der Waals surface area (Å²) in [5.74, 6) is 0.695. The van der Waals surface area contributed by atoms with Gasteiger partial charge in [-0.2, -0.15) is 0 Å². The number of fused-ring (bicyclic) bond motifs is 1. The van der Waals surface area contributed by atoms with Crippen LogP contribution >= 0.6 is 11.3 Å². The lowest BCUT2D eigenvalue weighted by Gasteiger charge is -2.36. The first-order valence-corrected chi connectivity index (χ1v) is 12.6. The summed E-state index contributed by atoms with van der Waals surface area (Å²) in [5.41, 5.74) is 3.49. The number of carbonyl (C=O) groups excluding carboxylic acids is 1. The molecule has 9 heteroatoms. The largest absolute Gasteiger partial charge is 0.487 e. The molecule has 8 nitrogen and oxygen atoms in total. The molecule has 2 aromatic carbocycles. The Hall–Kier alpha value is -3.79. The Balaban J connectivity index is 1.29. The van der Waals surface area contributed by atoms with E-state index in [1.54, 1.807) is 34.7 Å². The van der Waals surface area contributed by atoms with Crippen LogP contribution in [0.25, 0.3) is 10.2 Å². The van der Waals surface area contributed by atoms with Gasteiger partial charge in [0.1, 0.15) is 12.4 Å². The highest BCUT2D eigenvalue weighted by Crippen LogP contribution is 2.32. The first kappa shape index (κ1) is 23.9. The molecule has 0 unspecified atom stereocenters. The lowest BCUT2D eigenvalue weighted by atomic mass is 10.2. The summed E-state index contributed by atoms with van der Waals surface area (Å²) >= 11 is 1.55. The number of carbonyl (C=O) groups is 1. The van der Waals surface area contributed by atoms with E-state index in [0.717, 1.165) is 38.2 Å². The number of benzene rings is 2. The van der Waals surface area contributed by atoms with Gasteiger partial charge in [0.2, 0.25) is 0 Å². The maximum absolute atomic E-state index is 12.9. The molecule has 0 aliphatic carbocycles. The number of amides is 1. The highest BCUT2D eigenvalue weighted by Gasteiger charge is 2.24. The lowest BCUT2D eigenvalue weighted by Crippen LogP contribution is -2.51. The lowest BCUT2D eigenvalue weighted by molar-refractivity contribution is -0.118. The van der Waals surface area contributed by atoms with Gasteiger partial charge in [0.05, 0.1) is 34.8 Å². The average Bonchev–Trinajstić information content (AvgIpc) is 3.31. The van der Waals surface area contributed by atoms with Crippen LogP contribution in [0.5, 0.6) is 5.75 Å². The highest BCUT2D eigenvalue weighted by atomic mass is 32.1. The minimum absolute atomic E-state index is 0.0769. The van der Waals surface area contributed by atoms with Crippen molar-refractivity contribution in [1.82, 2.24) is 15.0 Å². The molecule has 1 fully saturated rings. The maximum Gasteiger partial charge on any atom is 0.265 e. The molecule has 0 bridgehead atoms. The molecule has 3 heterocycles. The van der Waals surface area contributed by atoms with Crippen molar-refractivity contribution in [3.05, 3.63) is 84.7 Å².